The standard InChI is InChI=1S/C28H33Cl2N3O4S/c1-5-19(3)31-28(35)25(6-2)32(17-22-23(29)14-10-15-24(22)30)27(34)18-33(38(4,36)37)26-16-9-12-20-11-7-8-13-21(20)26/h7-16,19,25H,5-6,17-18H2,1-4H3,(H,31,35)/t19-,25+/m0/s1. The molecule has 3 rings (SSSR count). The molecule has 7 nitrogen and oxygen atoms in total. The minimum Gasteiger partial charge on any atom is -0.352 e. The molecule has 0 spiro atoms. The summed E-state index contributed by atoms with van der Waals surface area (Å²) in [5.74, 6) is -0.875. The third kappa shape index (κ3) is 6.98. The van der Waals surface area contributed by atoms with Crippen molar-refractivity contribution in [3.05, 3.63) is 76.3 Å². The van der Waals surface area contributed by atoms with Gasteiger partial charge in [0, 0.05) is 33.6 Å². The van der Waals surface area contributed by atoms with Gasteiger partial charge in [0.25, 0.3) is 0 Å². The van der Waals surface area contributed by atoms with Crippen molar-refractivity contribution in [2.24, 2.45) is 0 Å². The second-order valence-corrected chi connectivity index (χ2v) is 12.0. The van der Waals surface area contributed by atoms with E-state index in [1.165, 1.54) is 4.90 Å². The fourth-order valence-electron chi connectivity index (χ4n) is 4.23. The van der Waals surface area contributed by atoms with Gasteiger partial charge in [0.1, 0.15) is 12.6 Å². The maximum absolute atomic E-state index is 14.0. The van der Waals surface area contributed by atoms with Gasteiger partial charge in [-0.25, -0.2) is 8.42 Å². The van der Waals surface area contributed by atoms with Gasteiger partial charge >= 0.3 is 0 Å². The molecular weight excluding hydrogens is 545 g/mol. The van der Waals surface area contributed by atoms with Crippen molar-refractivity contribution in [2.75, 3.05) is 17.1 Å². The molecule has 0 heterocycles. The molecule has 1 N–H and O–H groups in total. The number of sulfonamides is 1. The molecule has 3 aromatic rings. The number of amides is 2. The number of hydrogen-bond acceptors (Lipinski definition) is 4. The Bertz CT molecular complexity index is 1390. The Hall–Kier alpha value is -2.81. The summed E-state index contributed by atoms with van der Waals surface area (Å²) in [7, 11) is -3.87. The van der Waals surface area contributed by atoms with Gasteiger partial charge in [-0.05, 0) is 43.4 Å². The van der Waals surface area contributed by atoms with Crippen molar-refractivity contribution in [2.45, 2.75) is 52.2 Å². The summed E-state index contributed by atoms with van der Waals surface area (Å²) in [6, 6.07) is 16.7. The monoisotopic (exact) mass is 577 g/mol. The third-order valence-corrected chi connectivity index (χ3v) is 8.33. The van der Waals surface area contributed by atoms with Crippen LogP contribution in [0.1, 0.15) is 39.2 Å². The molecule has 2 amide bonds. The predicted molar refractivity (Wildman–Crippen MR) is 155 cm³/mol. The van der Waals surface area contributed by atoms with E-state index in [2.05, 4.69) is 5.32 Å². The molecule has 2 atom stereocenters. The van der Waals surface area contributed by atoms with E-state index in [-0.39, 0.29) is 18.5 Å². The van der Waals surface area contributed by atoms with Crippen LogP contribution in [0.4, 0.5) is 5.69 Å². The number of carbonyl (C=O) groups excluding carboxylic acids is 2. The molecule has 0 bridgehead atoms. The zero-order valence-corrected chi connectivity index (χ0v) is 24.3. The molecule has 10 heteroatoms. The highest BCUT2D eigenvalue weighted by atomic mass is 35.5. The zero-order valence-electron chi connectivity index (χ0n) is 21.9. The summed E-state index contributed by atoms with van der Waals surface area (Å²) >= 11 is 12.8. The van der Waals surface area contributed by atoms with Gasteiger partial charge in [0.05, 0.1) is 11.9 Å². The van der Waals surface area contributed by atoms with Crippen molar-refractivity contribution in [1.82, 2.24) is 10.2 Å². The van der Waals surface area contributed by atoms with Crippen molar-refractivity contribution in [3.8, 4) is 0 Å². The first kappa shape index (κ1) is 29.7. The highest BCUT2D eigenvalue weighted by Crippen LogP contribution is 2.30. The topological polar surface area (TPSA) is 86.8 Å². The molecule has 0 saturated heterocycles. The molecular formula is C28H33Cl2N3O4S. The normalized spacial score (nSPS) is 13.1. The summed E-state index contributed by atoms with van der Waals surface area (Å²) < 4.78 is 27.1. The lowest BCUT2D eigenvalue weighted by molar-refractivity contribution is -0.140. The summed E-state index contributed by atoms with van der Waals surface area (Å²) in [6.07, 6.45) is 2.09. The van der Waals surface area contributed by atoms with E-state index in [1.807, 2.05) is 44.2 Å². The Morgan fingerprint density at radius 3 is 2.13 bits per heavy atom. The number of hydrogen-bond donors (Lipinski definition) is 1. The number of halogens is 2. The summed E-state index contributed by atoms with van der Waals surface area (Å²) in [5, 5.41) is 5.17. The molecule has 0 aromatic heterocycles. The fourth-order valence-corrected chi connectivity index (χ4v) is 5.61. The highest BCUT2D eigenvalue weighted by molar-refractivity contribution is 7.92. The van der Waals surface area contributed by atoms with Crippen molar-refractivity contribution >= 4 is 61.5 Å². The number of nitrogens with zero attached hydrogens (tertiary/aromatic N) is 2. The van der Waals surface area contributed by atoms with Gasteiger partial charge in [0.15, 0.2) is 0 Å². The average molecular weight is 579 g/mol. The first-order chi connectivity index (χ1) is 18.0. The van der Waals surface area contributed by atoms with E-state index < -0.39 is 28.5 Å². The van der Waals surface area contributed by atoms with Gasteiger partial charge < -0.3 is 10.2 Å². The van der Waals surface area contributed by atoms with Crippen molar-refractivity contribution in [3.63, 3.8) is 0 Å². The van der Waals surface area contributed by atoms with E-state index in [4.69, 9.17) is 23.2 Å². The van der Waals surface area contributed by atoms with Crippen LogP contribution in [0.15, 0.2) is 60.7 Å². The van der Waals surface area contributed by atoms with Crippen molar-refractivity contribution in [1.29, 1.82) is 0 Å². The maximum atomic E-state index is 14.0. The van der Waals surface area contributed by atoms with Crippen LogP contribution in [-0.4, -0.2) is 50.0 Å². The molecule has 0 radical (unpaired) electrons. The SMILES string of the molecule is CC[C@H](C(=O)N[C@@H](C)CC)N(Cc1c(Cl)cccc1Cl)C(=O)CN(c1cccc2ccccc12)S(C)(=O)=O. The Labute approximate surface area is 234 Å². The molecule has 0 saturated carbocycles. The number of carbonyl (C=O) groups is 2. The predicted octanol–water partition coefficient (Wildman–Crippen LogP) is 5.63. The van der Waals surface area contributed by atoms with E-state index in [9.17, 15) is 18.0 Å². The number of nitrogens with one attached hydrogen (secondary N) is 1. The Morgan fingerprint density at radius 1 is 0.921 bits per heavy atom. The molecule has 0 aliphatic carbocycles. The summed E-state index contributed by atoms with van der Waals surface area (Å²) in [5.41, 5.74) is 0.863. The smallest absolute Gasteiger partial charge is 0.244 e. The second kappa shape index (κ2) is 12.8. The molecule has 3 aromatic carbocycles. The molecule has 204 valence electrons. The summed E-state index contributed by atoms with van der Waals surface area (Å²) in [6.45, 7) is 5.08. The number of benzene rings is 3. The Morgan fingerprint density at radius 2 is 1.53 bits per heavy atom. The van der Waals surface area contributed by atoms with Crippen molar-refractivity contribution < 1.29 is 18.0 Å². The first-order valence-electron chi connectivity index (χ1n) is 12.5. The largest absolute Gasteiger partial charge is 0.352 e. The van der Waals surface area contributed by atoms with Gasteiger partial charge in [-0.15, -0.1) is 0 Å². The van der Waals surface area contributed by atoms with E-state index >= 15 is 0 Å². The lowest BCUT2D eigenvalue weighted by atomic mass is 10.1. The highest BCUT2D eigenvalue weighted by Gasteiger charge is 2.33. The minimum atomic E-state index is -3.87. The first-order valence-corrected chi connectivity index (χ1v) is 15.1. The van der Waals surface area contributed by atoms with Crippen LogP contribution in [0.5, 0.6) is 0 Å². The minimum absolute atomic E-state index is 0.0586. The summed E-state index contributed by atoms with van der Waals surface area (Å²) in [4.78, 5) is 28.6. The Balaban J connectivity index is 2.07. The molecule has 0 fully saturated rings. The number of anilines is 1. The van der Waals surface area contributed by atoms with Gasteiger partial charge in [-0.2, -0.15) is 0 Å². The maximum Gasteiger partial charge on any atom is 0.244 e. The number of rotatable bonds is 11. The van der Waals surface area contributed by atoms with Crippen LogP contribution < -0.4 is 9.62 Å². The lowest BCUT2D eigenvalue weighted by Crippen LogP contribution is -2.53. The van der Waals surface area contributed by atoms with Crippen LogP contribution >= 0.6 is 23.2 Å². The van der Waals surface area contributed by atoms with E-state index in [1.54, 1.807) is 37.3 Å². The van der Waals surface area contributed by atoms with E-state index in [0.717, 1.165) is 22.4 Å². The number of fused-ring (bicyclic) bond motifs is 1. The van der Waals surface area contributed by atoms with Crippen LogP contribution in [0.2, 0.25) is 10.0 Å². The zero-order chi connectivity index (χ0) is 28.0. The molecule has 0 aliphatic heterocycles. The lowest BCUT2D eigenvalue weighted by Gasteiger charge is -2.34. The van der Waals surface area contributed by atoms with E-state index in [0.29, 0.717) is 33.1 Å². The molecule has 0 aliphatic rings. The quantitative estimate of drug-likeness (QED) is 0.319. The van der Waals surface area contributed by atoms with Gasteiger partial charge in [-0.1, -0.05) is 79.5 Å². The van der Waals surface area contributed by atoms with Crippen LogP contribution in [0.25, 0.3) is 10.8 Å². The van der Waals surface area contributed by atoms with Gasteiger partial charge in [0.2, 0.25) is 21.8 Å². The van der Waals surface area contributed by atoms with Crippen LogP contribution in [-0.2, 0) is 26.2 Å². The molecule has 38 heavy (non-hydrogen) atoms. The molecule has 0 unspecified atom stereocenters. The van der Waals surface area contributed by atoms with Crippen LogP contribution in [0.3, 0.4) is 0 Å². The third-order valence-electron chi connectivity index (χ3n) is 6.49. The fraction of sp³-hybridized carbons (Fsp3) is 0.357. The second-order valence-electron chi connectivity index (χ2n) is 9.23. The van der Waals surface area contributed by atoms with Gasteiger partial charge in [-0.3, -0.25) is 13.9 Å². The Kier molecular flexibility index (Phi) is 10.0. The van der Waals surface area contributed by atoms with Crippen LogP contribution in [0, 0.1) is 0 Å². The average Bonchev–Trinajstić information content (AvgIpc) is 2.87.